The maximum absolute atomic E-state index is 13.4. The fourth-order valence-corrected chi connectivity index (χ4v) is 0.817. The van der Waals surface area contributed by atoms with Crippen molar-refractivity contribution in [3.63, 3.8) is 0 Å². The summed E-state index contributed by atoms with van der Waals surface area (Å²) in [6.07, 6.45) is 0. The highest BCUT2D eigenvalue weighted by Gasteiger charge is 2.36. The van der Waals surface area contributed by atoms with E-state index in [1.165, 1.54) is 0 Å². The summed E-state index contributed by atoms with van der Waals surface area (Å²) in [4.78, 5) is 22.7. The third kappa shape index (κ3) is 7.08. The van der Waals surface area contributed by atoms with Gasteiger partial charge in [0.05, 0.1) is 10.8 Å². The Balaban J connectivity index is 4.28. The highest BCUT2D eigenvalue weighted by atomic mass is 19.3. The molecule has 4 nitrogen and oxygen atoms in total. The Hall–Kier alpha value is -1.20. The molecular formula is C13H22F2O4. The summed E-state index contributed by atoms with van der Waals surface area (Å²) in [5.41, 5.74) is -1.70. The molecule has 0 bridgehead atoms. The van der Waals surface area contributed by atoms with Crippen LogP contribution < -0.4 is 0 Å². The maximum Gasteiger partial charge on any atom is 0.314 e. The summed E-state index contributed by atoms with van der Waals surface area (Å²) in [6.45, 7) is 7.18. The second kappa shape index (κ2) is 5.84. The number of esters is 2. The standard InChI is InChI=1S/C13H22F2O4/c1-11(2,3)9(16)18-7-13(14,15)8-19-10(17)12(4,5)6/h7-8H2,1-6H3. The van der Waals surface area contributed by atoms with Crippen molar-refractivity contribution in [2.24, 2.45) is 10.8 Å². The van der Waals surface area contributed by atoms with Crippen molar-refractivity contribution in [1.29, 1.82) is 0 Å². The first-order chi connectivity index (χ1) is 8.26. The van der Waals surface area contributed by atoms with Gasteiger partial charge in [0.2, 0.25) is 0 Å². The summed E-state index contributed by atoms with van der Waals surface area (Å²) in [5.74, 6) is -4.84. The first-order valence-corrected chi connectivity index (χ1v) is 5.98. The molecule has 0 aliphatic rings. The lowest BCUT2D eigenvalue weighted by Gasteiger charge is -2.22. The van der Waals surface area contributed by atoms with Gasteiger partial charge in [-0.25, -0.2) is 0 Å². The van der Waals surface area contributed by atoms with Gasteiger partial charge in [-0.3, -0.25) is 9.59 Å². The van der Waals surface area contributed by atoms with Crippen LogP contribution in [0.15, 0.2) is 0 Å². The number of hydrogen-bond acceptors (Lipinski definition) is 4. The lowest BCUT2D eigenvalue weighted by Crippen LogP contribution is -2.36. The molecule has 0 N–H and O–H groups in total. The summed E-state index contributed by atoms with van der Waals surface area (Å²) >= 11 is 0. The van der Waals surface area contributed by atoms with Crippen LogP contribution in [0.25, 0.3) is 0 Å². The van der Waals surface area contributed by atoms with Crippen molar-refractivity contribution in [2.45, 2.75) is 47.5 Å². The highest BCUT2D eigenvalue weighted by Crippen LogP contribution is 2.21. The molecule has 19 heavy (non-hydrogen) atoms. The van der Waals surface area contributed by atoms with Gasteiger partial charge in [-0.1, -0.05) is 0 Å². The van der Waals surface area contributed by atoms with E-state index in [1.807, 2.05) is 0 Å². The molecule has 0 unspecified atom stereocenters. The lowest BCUT2D eigenvalue weighted by molar-refractivity contribution is -0.179. The van der Waals surface area contributed by atoms with E-state index in [2.05, 4.69) is 9.47 Å². The first kappa shape index (κ1) is 17.8. The number of carbonyl (C=O) groups excluding carboxylic acids is 2. The minimum Gasteiger partial charge on any atom is -0.459 e. The van der Waals surface area contributed by atoms with Crippen LogP contribution in [0.5, 0.6) is 0 Å². The van der Waals surface area contributed by atoms with Crippen molar-refractivity contribution in [2.75, 3.05) is 13.2 Å². The minimum atomic E-state index is -3.39. The summed E-state index contributed by atoms with van der Waals surface area (Å²) in [5, 5.41) is 0. The molecule has 0 atom stereocenters. The quantitative estimate of drug-likeness (QED) is 0.743. The molecule has 0 saturated heterocycles. The average molecular weight is 280 g/mol. The molecule has 0 aromatic carbocycles. The van der Waals surface area contributed by atoms with Crippen LogP contribution in [-0.4, -0.2) is 31.1 Å². The Bertz CT molecular complexity index is 306. The lowest BCUT2D eigenvalue weighted by atomic mass is 9.97. The molecule has 0 amide bonds. The van der Waals surface area contributed by atoms with Crippen LogP contribution in [0.1, 0.15) is 41.5 Å². The molecule has 0 aromatic rings. The zero-order valence-electron chi connectivity index (χ0n) is 12.3. The second-order valence-corrected chi connectivity index (χ2v) is 6.51. The second-order valence-electron chi connectivity index (χ2n) is 6.51. The fourth-order valence-electron chi connectivity index (χ4n) is 0.817. The van der Waals surface area contributed by atoms with Gasteiger partial charge in [-0.15, -0.1) is 0 Å². The van der Waals surface area contributed by atoms with Crippen molar-refractivity contribution < 1.29 is 27.8 Å². The molecule has 0 aliphatic heterocycles. The van der Waals surface area contributed by atoms with E-state index in [4.69, 9.17) is 0 Å². The highest BCUT2D eigenvalue weighted by molar-refractivity contribution is 5.76. The van der Waals surface area contributed by atoms with Crippen molar-refractivity contribution in [3.05, 3.63) is 0 Å². The Labute approximate surface area is 112 Å². The number of carbonyl (C=O) groups is 2. The zero-order valence-corrected chi connectivity index (χ0v) is 12.3. The molecule has 0 heterocycles. The van der Waals surface area contributed by atoms with Crippen LogP contribution >= 0.6 is 0 Å². The molecule has 112 valence electrons. The third-order valence-corrected chi connectivity index (χ3v) is 2.05. The van der Waals surface area contributed by atoms with Crippen molar-refractivity contribution >= 4 is 11.9 Å². The topological polar surface area (TPSA) is 52.6 Å². The van der Waals surface area contributed by atoms with Gasteiger partial charge >= 0.3 is 17.9 Å². The molecule has 6 heteroatoms. The minimum absolute atomic E-state index is 0.727. The normalized spacial score (nSPS) is 13.1. The number of hydrogen-bond donors (Lipinski definition) is 0. The van der Waals surface area contributed by atoms with E-state index < -0.39 is 41.9 Å². The first-order valence-electron chi connectivity index (χ1n) is 5.98. The van der Waals surface area contributed by atoms with Gasteiger partial charge < -0.3 is 9.47 Å². The smallest absolute Gasteiger partial charge is 0.314 e. The third-order valence-electron chi connectivity index (χ3n) is 2.05. The SMILES string of the molecule is CC(C)(C)C(=O)OCC(F)(F)COC(=O)C(C)(C)C. The average Bonchev–Trinajstić information content (AvgIpc) is 2.20. The summed E-state index contributed by atoms with van der Waals surface area (Å²) in [7, 11) is 0. The number of rotatable bonds is 4. The van der Waals surface area contributed by atoms with E-state index >= 15 is 0 Å². The zero-order chi connectivity index (χ0) is 15.5. The Kier molecular flexibility index (Phi) is 5.47. The van der Waals surface area contributed by atoms with Crippen molar-refractivity contribution in [3.8, 4) is 0 Å². The van der Waals surface area contributed by atoms with Gasteiger partial charge in [0.1, 0.15) is 0 Å². The maximum atomic E-state index is 13.4. The fraction of sp³-hybridized carbons (Fsp3) is 0.846. The van der Waals surface area contributed by atoms with Gasteiger partial charge in [0.15, 0.2) is 13.2 Å². The largest absolute Gasteiger partial charge is 0.459 e. The summed E-state index contributed by atoms with van der Waals surface area (Å²) < 4.78 is 35.8. The molecule has 0 radical (unpaired) electrons. The van der Waals surface area contributed by atoms with Crippen LogP contribution in [0.4, 0.5) is 8.78 Å². The molecular weight excluding hydrogens is 258 g/mol. The Morgan fingerprint density at radius 3 is 1.26 bits per heavy atom. The molecule has 0 fully saturated rings. The van der Waals surface area contributed by atoms with E-state index in [-0.39, 0.29) is 0 Å². The predicted octanol–water partition coefficient (Wildman–Crippen LogP) is 2.80. The van der Waals surface area contributed by atoms with E-state index in [1.54, 1.807) is 41.5 Å². The number of ether oxygens (including phenoxy) is 2. The molecule has 0 spiro atoms. The Morgan fingerprint density at radius 2 is 1.05 bits per heavy atom. The van der Waals surface area contributed by atoms with E-state index in [0.29, 0.717) is 0 Å². The molecule has 0 saturated carbocycles. The predicted molar refractivity (Wildman–Crippen MR) is 65.8 cm³/mol. The molecule has 0 aromatic heterocycles. The van der Waals surface area contributed by atoms with Gasteiger partial charge in [0.25, 0.3) is 0 Å². The van der Waals surface area contributed by atoms with Crippen LogP contribution in [0.2, 0.25) is 0 Å². The van der Waals surface area contributed by atoms with Crippen LogP contribution in [0.3, 0.4) is 0 Å². The molecule has 0 aliphatic carbocycles. The molecule has 0 rings (SSSR count). The summed E-state index contributed by atoms with van der Waals surface area (Å²) in [6, 6.07) is 0. The van der Waals surface area contributed by atoms with Crippen molar-refractivity contribution in [1.82, 2.24) is 0 Å². The number of alkyl halides is 2. The number of halogens is 2. The monoisotopic (exact) mass is 280 g/mol. The van der Waals surface area contributed by atoms with Gasteiger partial charge in [0, 0.05) is 0 Å². The van der Waals surface area contributed by atoms with Crippen LogP contribution in [-0.2, 0) is 19.1 Å². The Morgan fingerprint density at radius 1 is 0.789 bits per heavy atom. The van der Waals surface area contributed by atoms with Gasteiger partial charge in [-0.2, -0.15) is 8.78 Å². The van der Waals surface area contributed by atoms with Crippen LogP contribution in [0, 0.1) is 10.8 Å². The van der Waals surface area contributed by atoms with E-state index in [0.717, 1.165) is 0 Å². The van der Waals surface area contributed by atoms with Gasteiger partial charge in [-0.05, 0) is 41.5 Å². The van der Waals surface area contributed by atoms with E-state index in [9.17, 15) is 18.4 Å².